The van der Waals surface area contributed by atoms with Gasteiger partial charge in [-0.05, 0) is 13.8 Å². The summed E-state index contributed by atoms with van der Waals surface area (Å²) in [6, 6.07) is 0. The number of rotatable bonds is 2. The molecule has 0 saturated carbocycles. The molecule has 0 N–H and O–H groups in total. The molecule has 1 aromatic heterocycles. The maximum absolute atomic E-state index is 11.0. The molecule has 0 aromatic carbocycles. The Hall–Kier alpha value is -1.39. The lowest BCUT2D eigenvalue weighted by molar-refractivity contribution is 0.0592. The van der Waals surface area contributed by atoms with Gasteiger partial charge in [-0.25, -0.2) is 4.79 Å². The second-order valence-electron chi connectivity index (χ2n) is 2.31. The van der Waals surface area contributed by atoms with Crippen LogP contribution in [0.2, 0.25) is 0 Å². The van der Waals surface area contributed by atoms with Crippen molar-refractivity contribution in [2.75, 3.05) is 7.11 Å². The van der Waals surface area contributed by atoms with E-state index in [0.717, 1.165) is 0 Å². The van der Waals surface area contributed by atoms with Gasteiger partial charge in [-0.15, -0.1) is 5.10 Å². The van der Waals surface area contributed by atoms with Crippen LogP contribution in [0, 0.1) is 6.92 Å². The quantitative estimate of drug-likeness (QED) is 0.601. The van der Waals surface area contributed by atoms with E-state index in [1.165, 1.54) is 11.9 Å². The van der Waals surface area contributed by atoms with Crippen molar-refractivity contribution < 1.29 is 9.53 Å². The molecule has 66 valence electrons. The molecule has 0 saturated heterocycles. The van der Waals surface area contributed by atoms with Gasteiger partial charge in [0.25, 0.3) is 0 Å². The van der Waals surface area contributed by atoms with Crippen molar-refractivity contribution in [3.63, 3.8) is 0 Å². The van der Waals surface area contributed by atoms with Gasteiger partial charge in [0, 0.05) is 0 Å². The number of ether oxygens (including phenoxy) is 1. The van der Waals surface area contributed by atoms with Gasteiger partial charge in [-0.1, -0.05) is 0 Å². The average Bonchev–Trinajstić information content (AvgIpc) is 2.45. The van der Waals surface area contributed by atoms with Crippen LogP contribution in [0.5, 0.6) is 0 Å². The molecular weight excluding hydrogens is 158 g/mol. The largest absolute Gasteiger partial charge is 0.464 e. The van der Waals surface area contributed by atoms with E-state index in [1.807, 2.05) is 6.92 Å². The highest BCUT2D eigenvalue weighted by molar-refractivity contribution is 5.87. The molecule has 1 aromatic rings. The zero-order valence-electron chi connectivity index (χ0n) is 7.37. The van der Waals surface area contributed by atoms with Gasteiger partial charge in [0.1, 0.15) is 0 Å². The zero-order chi connectivity index (χ0) is 9.14. The van der Waals surface area contributed by atoms with Gasteiger partial charge in [-0.3, -0.25) is 0 Å². The number of hydrogen-bond acceptors (Lipinski definition) is 4. The Bertz CT molecular complexity index is 293. The zero-order valence-corrected chi connectivity index (χ0v) is 7.37. The summed E-state index contributed by atoms with van der Waals surface area (Å²) in [5.74, 6) is -0.438. The summed E-state index contributed by atoms with van der Waals surface area (Å²) in [6.45, 7) is 4.28. The van der Waals surface area contributed by atoms with E-state index in [2.05, 4.69) is 14.9 Å². The fourth-order valence-corrected chi connectivity index (χ4v) is 0.857. The lowest BCUT2D eigenvalue weighted by Crippen LogP contribution is -2.05. The number of esters is 1. The first-order valence-corrected chi connectivity index (χ1v) is 3.69. The van der Waals surface area contributed by atoms with Gasteiger partial charge >= 0.3 is 5.97 Å². The highest BCUT2D eigenvalue weighted by Crippen LogP contribution is 2.01. The minimum absolute atomic E-state index is 0.291. The van der Waals surface area contributed by atoms with E-state index in [0.29, 0.717) is 17.9 Å². The number of aryl methyl sites for hydroxylation is 2. The molecule has 0 aliphatic carbocycles. The Morgan fingerprint density at radius 1 is 1.58 bits per heavy atom. The predicted octanol–water partition coefficient (Wildman–Crippen LogP) is 0.393. The molecule has 12 heavy (non-hydrogen) atoms. The summed E-state index contributed by atoms with van der Waals surface area (Å²) < 4.78 is 4.52. The lowest BCUT2D eigenvalue weighted by atomic mass is 10.3. The van der Waals surface area contributed by atoms with E-state index in [-0.39, 0.29) is 0 Å². The lowest BCUT2D eigenvalue weighted by Gasteiger charge is -1.92. The molecule has 5 nitrogen and oxygen atoms in total. The van der Waals surface area contributed by atoms with Gasteiger partial charge in [-0.2, -0.15) is 9.90 Å². The first-order chi connectivity index (χ1) is 5.69. The Labute approximate surface area is 70.3 Å². The van der Waals surface area contributed by atoms with Gasteiger partial charge in [0.15, 0.2) is 5.69 Å². The summed E-state index contributed by atoms with van der Waals surface area (Å²) in [5, 5.41) is 7.93. The molecular formula is C7H11N3O2. The van der Waals surface area contributed by atoms with Crippen molar-refractivity contribution in [2.45, 2.75) is 20.4 Å². The molecule has 0 radical (unpaired) electrons. The molecule has 0 atom stereocenters. The first kappa shape index (κ1) is 8.70. The normalized spacial score (nSPS) is 9.92. The van der Waals surface area contributed by atoms with Crippen molar-refractivity contribution in [3.8, 4) is 0 Å². The van der Waals surface area contributed by atoms with Crippen LogP contribution in [0.3, 0.4) is 0 Å². The first-order valence-electron chi connectivity index (χ1n) is 3.69. The van der Waals surface area contributed by atoms with Gasteiger partial charge in [0.2, 0.25) is 0 Å². The van der Waals surface area contributed by atoms with Crippen LogP contribution in [0.1, 0.15) is 23.1 Å². The monoisotopic (exact) mass is 169 g/mol. The number of hydrogen-bond donors (Lipinski definition) is 0. The molecule has 1 heterocycles. The van der Waals surface area contributed by atoms with E-state index in [1.54, 1.807) is 6.92 Å². The standard InChI is InChI=1S/C7H11N3O2/c1-4-10-8-5(2)6(9-10)7(11)12-3/h4H2,1-3H3. The highest BCUT2D eigenvalue weighted by Gasteiger charge is 2.14. The number of aromatic nitrogens is 3. The summed E-state index contributed by atoms with van der Waals surface area (Å²) in [7, 11) is 1.33. The van der Waals surface area contributed by atoms with Crippen molar-refractivity contribution >= 4 is 5.97 Å². The Morgan fingerprint density at radius 2 is 2.25 bits per heavy atom. The summed E-state index contributed by atoms with van der Waals surface area (Å²) in [4.78, 5) is 12.5. The molecule has 0 bridgehead atoms. The fourth-order valence-electron chi connectivity index (χ4n) is 0.857. The molecule has 0 fully saturated rings. The average molecular weight is 169 g/mol. The maximum atomic E-state index is 11.0. The van der Waals surface area contributed by atoms with Crippen molar-refractivity contribution in [1.82, 2.24) is 15.0 Å². The second-order valence-corrected chi connectivity index (χ2v) is 2.31. The van der Waals surface area contributed by atoms with E-state index < -0.39 is 5.97 Å². The van der Waals surface area contributed by atoms with Crippen LogP contribution in [-0.4, -0.2) is 28.1 Å². The third-order valence-electron chi connectivity index (χ3n) is 1.49. The molecule has 0 aliphatic rings. The minimum Gasteiger partial charge on any atom is -0.464 e. The maximum Gasteiger partial charge on any atom is 0.360 e. The van der Waals surface area contributed by atoms with Crippen LogP contribution in [0.25, 0.3) is 0 Å². The minimum atomic E-state index is -0.438. The molecule has 0 spiro atoms. The number of nitrogens with zero attached hydrogens (tertiary/aromatic N) is 3. The van der Waals surface area contributed by atoms with Crippen LogP contribution in [-0.2, 0) is 11.3 Å². The highest BCUT2D eigenvalue weighted by atomic mass is 16.5. The molecule has 1 rings (SSSR count). The number of carbonyl (C=O) groups excluding carboxylic acids is 1. The number of carbonyl (C=O) groups is 1. The van der Waals surface area contributed by atoms with E-state index >= 15 is 0 Å². The van der Waals surface area contributed by atoms with Crippen molar-refractivity contribution in [2.24, 2.45) is 0 Å². The van der Waals surface area contributed by atoms with E-state index in [4.69, 9.17) is 0 Å². The molecule has 0 aliphatic heterocycles. The van der Waals surface area contributed by atoms with Gasteiger partial charge < -0.3 is 4.74 Å². The number of methoxy groups -OCH3 is 1. The SMILES string of the molecule is CCn1nc(C)c(C(=O)OC)n1. The Morgan fingerprint density at radius 3 is 2.67 bits per heavy atom. The smallest absolute Gasteiger partial charge is 0.360 e. The summed E-state index contributed by atoms with van der Waals surface area (Å²) in [5.41, 5.74) is 0.892. The molecule has 0 amide bonds. The van der Waals surface area contributed by atoms with Crippen molar-refractivity contribution in [1.29, 1.82) is 0 Å². The third-order valence-corrected chi connectivity index (χ3v) is 1.49. The van der Waals surface area contributed by atoms with E-state index in [9.17, 15) is 4.79 Å². The van der Waals surface area contributed by atoms with Crippen LogP contribution in [0.4, 0.5) is 0 Å². The van der Waals surface area contributed by atoms with Crippen LogP contribution in [0.15, 0.2) is 0 Å². The van der Waals surface area contributed by atoms with Crippen LogP contribution >= 0.6 is 0 Å². The summed E-state index contributed by atoms with van der Waals surface area (Å²) >= 11 is 0. The topological polar surface area (TPSA) is 57.0 Å². The molecule has 5 heteroatoms. The van der Waals surface area contributed by atoms with Gasteiger partial charge in [0.05, 0.1) is 19.3 Å². The Kier molecular flexibility index (Phi) is 2.42. The predicted molar refractivity (Wildman–Crippen MR) is 41.8 cm³/mol. The van der Waals surface area contributed by atoms with Crippen LogP contribution < -0.4 is 0 Å². The fraction of sp³-hybridized carbons (Fsp3) is 0.571. The second kappa shape index (κ2) is 3.34. The molecule has 0 unspecified atom stereocenters. The third kappa shape index (κ3) is 1.44. The summed E-state index contributed by atoms with van der Waals surface area (Å²) in [6.07, 6.45) is 0. The Balaban J connectivity index is 2.99. The van der Waals surface area contributed by atoms with Crippen molar-refractivity contribution in [3.05, 3.63) is 11.4 Å².